The summed E-state index contributed by atoms with van der Waals surface area (Å²) in [5.41, 5.74) is 1.64. The molecule has 0 radical (unpaired) electrons. The molecule has 2 N–H and O–H groups in total. The van der Waals surface area contributed by atoms with Gasteiger partial charge in [0, 0.05) is 11.4 Å². The number of H-pyrrole nitrogens is 1. The lowest BCUT2D eigenvalue weighted by atomic mass is 10.2. The molecule has 0 aliphatic heterocycles. The molecular formula is C16H17N3O4S. The van der Waals surface area contributed by atoms with Crippen molar-refractivity contribution in [2.24, 2.45) is 0 Å². The van der Waals surface area contributed by atoms with E-state index in [-0.39, 0.29) is 22.2 Å². The molecule has 0 fully saturated rings. The molecule has 8 heteroatoms. The van der Waals surface area contributed by atoms with Crippen molar-refractivity contribution in [1.82, 2.24) is 9.97 Å². The third-order valence-corrected chi connectivity index (χ3v) is 4.09. The molecule has 0 saturated heterocycles. The number of ether oxygens (including phenoxy) is 1. The van der Waals surface area contributed by atoms with Crippen molar-refractivity contribution in [1.29, 1.82) is 0 Å². The Bertz CT molecular complexity index is 832. The Morgan fingerprint density at radius 3 is 2.75 bits per heavy atom. The van der Waals surface area contributed by atoms with Gasteiger partial charge in [-0.05, 0) is 31.5 Å². The minimum Gasteiger partial charge on any atom is -0.465 e. The number of aromatic nitrogens is 2. The van der Waals surface area contributed by atoms with E-state index < -0.39 is 11.7 Å². The summed E-state index contributed by atoms with van der Waals surface area (Å²) in [6.45, 7) is 3.50. The van der Waals surface area contributed by atoms with Crippen LogP contribution < -0.4 is 11.0 Å². The van der Waals surface area contributed by atoms with Crippen molar-refractivity contribution in [2.75, 3.05) is 18.2 Å². The van der Waals surface area contributed by atoms with E-state index in [0.717, 1.165) is 17.3 Å². The number of carbonyl (C=O) groups is 2. The van der Waals surface area contributed by atoms with E-state index >= 15 is 0 Å². The van der Waals surface area contributed by atoms with Crippen LogP contribution in [0.3, 0.4) is 0 Å². The molecule has 0 saturated carbocycles. The van der Waals surface area contributed by atoms with Crippen LogP contribution in [0.4, 0.5) is 5.69 Å². The minimum absolute atomic E-state index is 0.00777. The molecule has 126 valence electrons. The smallest absolute Gasteiger partial charge is 0.346 e. The van der Waals surface area contributed by atoms with Crippen LogP contribution in [0.15, 0.2) is 34.1 Å². The maximum atomic E-state index is 12.1. The number of hydrogen-bond acceptors (Lipinski definition) is 6. The van der Waals surface area contributed by atoms with Crippen molar-refractivity contribution < 1.29 is 14.3 Å². The first-order valence-corrected chi connectivity index (χ1v) is 8.08. The van der Waals surface area contributed by atoms with Crippen molar-refractivity contribution in [3.05, 3.63) is 51.6 Å². The van der Waals surface area contributed by atoms with Gasteiger partial charge >= 0.3 is 11.7 Å². The van der Waals surface area contributed by atoms with Crippen LogP contribution in [-0.2, 0) is 9.53 Å². The van der Waals surface area contributed by atoms with Crippen molar-refractivity contribution in [2.45, 2.75) is 18.9 Å². The van der Waals surface area contributed by atoms with E-state index in [0.29, 0.717) is 11.4 Å². The van der Waals surface area contributed by atoms with Crippen LogP contribution >= 0.6 is 11.8 Å². The molecule has 0 spiro atoms. The zero-order valence-corrected chi connectivity index (χ0v) is 14.3. The van der Waals surface area contributed by atoms with E-state index in [2.05, 4.69) is 15.3 Å². The van der Waals surface area contributed by atoms with Crippen LogP contribution in [0.2, 0.25) is 0 Å². The third kappa shape index (κ3) is 4.45. The highest BCUT2D eigenvalue weighted by atomic mass is 32.2. The molecule has 0 atom stereocenters. The second kappa shape index (κ2) is 7.78. The van der Waals surface area contributed by atoms with Crippen LogP contribution in [0.1, 0.15) is 21.6 Å². The lowest BCUT2D eigenvalue weighted by molar-refractivity contribution is -0.113. The van der Waals surface area contributed by atoms with Gasteiger partial charge in [-0.1, -0.05) is 23.9 Å². The second-order valence-corrected chi connectivity index (χ2v) is 6.01. The maximum Gasteiger partial charge on any atom is 0.346 e. The van der Waals surface area contributed by atoms with Crippen molar-refractivity contribution in [3.63, 3.8) is 0 Å². The fourth-order valence-corrected chi connectivity index (χ4v) is 2.93. The number of esters is 1. The van der Waals surface area contributed by atoms with E-state index in [4.69, 9.17) is 4.74 Å². The van der Waals surface area contributed by atoms with Gasteiger partial charge in [-0.2, -0.15) is 4.98 Å². The predicted molar refractivity (Wildman–Crippen MR) is 91.5 cm³/mol. The zero-order valence-electron chi connectivity index (χ0n) is 13.5. The number of amides is 1. The number of aryl methyl sites for hydroxylation is 2. The molecule has 0 bridgehead atoms. The Kier molecular flexibility index (Phi) is 5.75. The first-order chi connectivity index (χ1) is 11.4. The lowest BCUT2D eigenvalue weighted by Crippen LogP contribution is -2.20. The molecule has 1 heterocycles. The zero-order chi connectivity index (χ0) is 17.7. The number of thioether (sulfide) groups is 1. The SMILES string of the molecule is COC(=O)c1c(SCC(=O)Nc2cccc(C)c2)nc(=O)[nH]c1C. The fourth-order valence-electron chi connectivity index (χ4n) is 2.06. The van der Waals surface area contributed by atoms with Gasteiger partial charge in [-0.3, -0.25) is 4.79 Å². The lowest BCUT2D eigenvalue weighted by Gasteiger charge is -2.09. The summed E-state index contributed by atoms with van der Waals surface area (Å²) in [6.07, 6.45) is 0. The summed E-state index contributed by atoms with van der Waals surface area (Å²) in [4.78, 5) is 41.6. The highest BCUT2D eigenvalue weighted by molar-refractivity contribution is 8.00. The molecule has 0 unspecified atom stereocenters. The Labute approximate surface area is 142 Å². The predicted octanol–water partition coefficient (Wildman–Crippen LogP) is 1.90. The maximum absolute atomic E-state index is 12.1. The van der Waals surface area contributed by atoms with Crippen molar-refractivity contribution in [3.8, 4) is 0 Å². The summed E-state index contributed by atoms with van der Waals surface area (Å²) in [7, 11) is 1.24. The summed E-state index contributed by atoms with van der Waals surface area (Å²) in [6, 6.07) is 7.40. The van der Waals surface area contributed by atoms with E-state index in [1.165, 1.54) is 7.11 Å². The van der Waals surface area contributed by atoms with Gasteiger partial charge in [0.25, 0.3) is 0 Å². The summed E-state index contributed by atoms with van der Waals surface area (Å²) >= 11 is 1.01. The van der Waals surface area contributed by atoms with Gasteiger partial charge < -0.3 is 15.0 Å². The first kappa shape index (κ1) is 17.7. The molecule has 1 aromatic heterocycles. The number of methoxy groups -OCH3 is 1. The number of aromatic amines is 1. The van der Waals surface area contributed by atoms with Gasteiger partial charge in [0.1, 0.15) is 10.6 Å². The van der Waals surface area contributed by atoms with Crippen LogP contribution in [-0.4, -0.2) is 34.7 Å². The molecule has 7 nitrogen and oxygen atoms in total. The first-order valence-electron chi connectivity index (χ1n) is 7.09. The van der Waals surface area contributed by atoms with Crippen molar-refractivity contribution >= 4 is 29.3 Å². The molecule has 0 aliphatic carbocycles. The minimum atomic E-state index is -0.613. The number of nitrogens with one attached hydrogen (secondary N) is 2. The summed E-state index contributed by atoms with van der Waals surface area (Å²) in [5.74, 6) is -0.868. The van der Waals surface area contributed by atoms with Gasteiger partial charge in [0.2, 0.25) is 5.91 Å². The largest absolute Gasteiger partial charge is 0.465 e. The Morgan fingerprint density at radius 1 is 1.33 bits per heavy atom. The van der Waals surface area contributed by atoms with Crippen LogP contribution in [0.5, 0.6) is 0 Å². The van der Waals surface area contributed by atoms with Gasteiger partial charge in [-0.25, -0.2) is 9.59 Å². The van der Waals surface area contributed by atoms with Crippen LogP contribution in [0, 0.1) is 13.8 Å². The third-order valence-electron chi connectivity index (χ3n) is 3.12. The average Bonchev–Trinajstić information content (AvgIpc) is 2.51. The molecular weight excluding hydrogens is 330 g/mol. The molecule has 1 aromatic carbocycles. The number of hydrogen-bond donors (Lipinski definition) is 2. The average molecular weight is 347 g/mol. The molecule has 24 heavy (non-hydrogen) atoms. The normalized spacial score (nSPS) is 10.3. The highest BCUT2D eigenvalue weighted by Crippen LogP contribution is 2.22. The number of benzene rings is 1. The number of rotatable bonds is 5. The van der Waals surface area contributed by atoms with Crippen LogP contribution in [0.25, 0.3) is 0 Å². The quantitative estimate of drug-likeness (QED) is 0.487. The summed E-state index contributed by atoms with van der Waals surface area (Å²) < 4.78 is 4.70. The topological polar surface area (TPSA) is 101 Å². The summed E-state index contributed by atoms with van der Waals surface area (Å²) in [5, 5.41) is 2.92. The Morgan fingerprint density at radius 2 is 2.08 bits per heavy atom. The van der Waals surface area contributed by atoms with Gasteiger partial charge in [0.15, 0.2) is 0 Å². The van der Waals surface area contributed by atoms with Gasteiger partial charge in [0.05, 0.1) is 12.9 Å². The number of anilines is 1. The number of nitrogens with zero attached hydrogens (tertiary/aromatic N) is 1. The Balaban J connectivity index is 2.12. The Hall–Kier alpha value is -2.61. The van der Waals surface area contributed by atoms with E-state index in [1.54, 1.807) is 13.0 Å². The molecule has 1 amide bonds. The van der Waals surface area contributed by atoms with Gasteiger partial charge in [-0.15, -0.1) is 0 Å². The standard InChI is InChI=1S/C16H17N3O4S/c1-9-5-4-6-11(7-9)18-12(20)8-24-14-13(15(21)23-3)10(2)17-16(22)19-14/h4-7H,8H2,1-3H3,(H,18,20)(H,17,19,22). The van der Waals surface area contributed by atoms with E-state index in [1.807, 2.05) is 25.1 Å². The number of carbonyl (C=O) groups excluding carboxylic acids is 2. The highest BCUT2D eigenvalue weighted by Gasteiger charge is 2.19. The second-order valence-electron chi connectivity index (χ2n) is 5.05. The molecule has 2 rings (SSSR count). The molecule has 0 aliphatic rings. The fraction of sp³-hybridized carbons (Fsp3) is 0.250. The monoisotopic (exact) mass is 347 g/mol. The molecule has 2 aromatic rings. The van der Waals surface area contributed by atoms with E-state index in [9.17, 15) is 14.4 Å².